The molecule has 162 valence electrons. The summed E-state index contributed by atoms with van der Waals surface area (Å²) in [6, 6.07) is 18.0. The van der Waals surface area contributed by atoms with Crippen molar-refractivity contribution in [2.45, 2.75) is 13.5 Å². The third-order valence-electron chi connectivity index (χ3n) is 4.64. The van der Waals surface area contributed by atoms with Gasteiger partial charge in [0.1, 0.15) is 24.2 Å². The van der Waals surface area contributed by atoms with Gasteiger partial charge in [-0.2, -0.15) is 0 Å². The van der Waals surface area contributed by atoms with Crippen molar-refractivity contribution in [1.29, 1.82) is 0 Å². The molecule has 1 aromatic heterocycles. The van der Waals surface area contributed by atoms with Crippen LogP contribution in [0.4, 0.5) is 5.69 Å². The van der Waals surface area contributed by atoms with Gasteiger partial charge in [-0.25, -0.2) is 0 Å². The number of nitro groups is 1. The molecule has 0 radical (unpaired) electrons. The highest BCUT2D eigenvalue weighted by atomic mass is 16.6. The molecule has 8 nitrogen and oxygen atoms in total. The van der Waals surface area contributed by atoms with E-state index in [2.05, 4.69) is 0 Å². The molecule has 0 N–H and O–H groups in total. The number of fused-ring (bicyclic) bond motifs is 1. The standard InChI is InChI=1S/C24H19NO7/c1-2-29-20-5-3-4-6-21(20)32-23-15-31-22-13-18(11-12-19(22)24(23)26)30-14-16-7-9-17(10-8-16)25(27)28/h3-13,15H,2,14H2,1H3. The van der Waals surface area contributed by atoms with Gasteiger partial charge in [-0.3, -0.25) is 14.9 Å². The van der Waals surface area contributed by atoms with E-state index in [-0.39, 0.29) is 23.5 Å². The number of non-ortho nitro benzene ring substituents is 1. The maximum absolute atomic E-state index is 12.9. The van der Waals surface area contributed by atoms with Gasteiger partial charge in [0.15, 0.2) is 11.5 Å². The summed E-state index contributed by atoms with van der Waals surface area (Å²) in [7, 11) is 0. The first kappa shape index (κ1) is 20.9. The van der Waals surface area contributed by atoms with Crippen molar-refractivity contribution in [3.05, 3.63) is 98.9 Å². The highest BCUT2D eigenvalue weighted by molar-refractivity contribution is 5.79. The van der Waals surface area contributed by atoms with Gasteiger partial charge in [0, 0.05) is 18.2 Å². The number of hydrogen-bond donors (Lipinski definition) is 0. The molecule has 0 amide bonds. The fourth-order valence-corrected chi connectivity index (χ4v) is 3.06. The first-order valence-corrected chi connectivity index (χ1v) is 9.86. The lowest BCUT2D eigenvalue weighted by atomic mass is 10.2. The molecule has 0 bridgehead atoms. The Morgan fingerprint density at radius 1 is 0.938 bits per heavy atom. The lowest BCUT2D eigenvalue weighted by molar-refractivity contribution is -0.384. The van der Waals surface area contributed by atoms with E-state index in [0.717, 1.165) is 5.56 Å². The zero-order valence-corrected chi connectivity index (χ0v) is 17.1. The van der Waals surface area contributed by atoms with Crippen LogP contribution >= 0.6 is 0 Å². The van der Waals surface area contributed by atoms with Crippen molar-refractivity contribution in [3.8, 4) is 23.0 Å². The van der Waals surface area contributed by atoms with Crippen molar-refractivity contribution in [2.24, 2.45) is 0 Å². The molecule has 0 aliphatic rings. The molecule has 4 aromatic rings. The SMILES string of the molecule is CCOc1ccccc1Oc1coc2cc(OCc3ccc([N+](=O)[O-])cc3)ccc2c1=O. The van der Waals surface area contributed by atoms with Gasteiger partial charge in [-0.15, -0.1) is 0 Å². The Hall–Kier alpha value is -4.33. The molecular formula is C24H19NO7. The number of hydrogen-bond acceptors (Lipinski definition) is 7. The Labute approximate surface area is 182 Å². The molecule has 0 saturated heterocycles. The van der Waals surface area contributed by atoms with E-state index in [9.17, 15) is 14.9 Å². The number of nitro benzene ring substituents is 1. The van der Waals surface area contributed by atoms with E-state index in [1.54, 1.807) is 48.5 Å². The quantitative estimate of drug-likeness (QED) is 0.268. The van der Waals surface area contributed by atoms with E-state index in [1.807, 2.05) is 13.0 Å². The van der Waals surface area contributed by atoms with E-state index in [1.165, 1.54) is 18.4 Å². The number of benzene rings is 3. The van der Waals surface area contributed by atoms with Gasteiger partial charge in [0.25, 0.3) is 5.69 Å². The second-order valence-electron chi connectivity index (χ2n) is 6.78. The van der Waals surface area contributed by atoms with Crippen LogP contribution < -0.4 is 19.6 Å². The summed E-state index contributed by atoms with van der Waals surface area (Å²) in [5.41, 5.74) is 0.818. The van der Waals surface area contributed by atoms with Crippen LogP contribution in [0, 0.1) is 10.1 Å². The largest absolute Gasteiger partial charge is 0.490 e. The van der Waals surface area contributed by atoms with Crippen molar-refractivity contribution >= 4 is 16.7 Å². The molecule has 0 spiro atoms. The normalized spacial score (nSPS) is 10.7. The van der Waals surface area contributed by atoms with Crippen LogP contribution in [0.1, 0.15) is 12.5 Å². The monoisotopic (exact) mass is 433 g/mol. The Bertz CT molecular complexity index is 1310. The zero-order chi connectivity index (χ0) is 22.5. The molecule has 0 aliphatic heterocycles. The van der Waals surface area contributed by atoms with Crippen LogP contribution in [0.5, 0.6) is 23.0 Å². The van der Waals surface area contributed by atoms with Crippen molar-refractivity contribution < 1.29 is 23.6 Å². The summed E-state index contributed by atoms with van der Waals surface area (Å²) in [4.78, 5) is 23.1. The van der Waals surface area contributed by atoms with Gasteiger partial charge in [-0.1, -0.05) is 12.1 Å². The average molecular weight is 433 g/mol. The average Bonchev–Trinajstić information content (AvgIpc) is 2.81. The minimum atomic E-state index is -0.455. The number of rotatable bonds is 8. The van der Waals surface area contributed by atoms with Gasteiger partial charge >= 0.3 is 0 Å². The molecule has 8 heteroatoms. The first-order chi connectivity index (χ1) is 15.5. The predicted molar refractivity (Wildman–Crippen MR) is 118 cm³/mol. The Balaban J connectivity index is 1.52. The molecule has 0 aliphatic carbocycles. The summed E-state index contributed by atoms with van der Waals surface area (Å²) in [5.74, 6) is 1.49. The fraction of sp³-hybridized carbons (Fsp3) is 0.125. The molecule has 0 unspecified atom stereocenters. The molecule has 3 aromatic carbocycles. The maximum Gasteiger partial charge on any atom is 0.269 e. The maximum atomic E-state index is 12.9. The van der Waals surface area contributed by atoms with Crippen molar-refractivity contribution in [2.75, 3.05) is 6.61 Å². The van der Waals surface area contributed by atoms with Crippen LogP contribution in [0.2, 0.25) is 0 Å². The smallest absolute Gasteiger partial charge is 0.269 e. The van der Waals surface area contributed by atoms with E-state index in [0.29, 0.717) is 34.8 Å². The van der Waals surface area contributed by atoms with E-state index >= 15 is 0 Å². The second kappa shape index (κ2) is 9.22. The van der Waals surface area contributed by atoms with Gasteiger partial charge in [0.2, 0.25) is 11.2 Å². The molecule has 0 fully saturated rings. The fourth-order valence-electron chi connectivity index (χ4n) is 3.06. The van der Waals surface area contributed by atoms with Crippen LogP contribution in [0.3, 0.4) is 0 Å². The van der Waals surface area contributed by atoms with Gasteiger partial charge < -0.3 is 18.6 Å². The number of ether oxygens (including phenoxy) is 3. The lowest BCUT2D eigenvalue weighted by Gasteiger charge is -2.11. The van der Waals surface area contributed by atoms with Crippen LogP contribution in [-0.2, 0) is 6.61 Å². The Morgan fingerprint density at radius 2 is 1.69 bits per heavy atom. The molecule has 4 rings (SSSR count). The minimum absolute atomic E-state index is 0.0168. The lowest BCUT2D eigenvalue weighted by Crippen LogP contribution is -2.06. The van der Waals surface area contributed by atoms with Crippen LogP contribution in [0.25, 0.3) is 11.0 Å². The molecular weight excluding hydrogens is 414 g/mol. The second-order valence-corrected chi connectivity index (χ2v) is 6.78. The highest BCUT2D eigenvalue weighted by Crippen LogP contribution is 2.31. The van der Waals surface area contributed by atoms with Gasteiger partial charge in [-0.05, 0) is 48.9 Å². The third kappa shape index (κ3) is 4.54. The summed E-state index contributed by atoms with van der Waals surface area (Å²) >= 11 is 0. The molecule has 0 saturated carbocycles. The van der Waals surface area contributed by atoms with Crippen LogP contribution in [-0.4, -0.2) is 11.5 Å². The zero-order valence-electron chi connectivity index (χ0n) is 17.1. The first-order valence-electron chi connectivity index (χ1n) is 9.86. The van der Waals surface area contributed by atoms with E-state index < -0.39 is 4.92 Å². The number of para-hydroxylation sites is 2. The third-order valence-corrected chi connectivity index (χ3v) is 4.64. The predicted octanol–water partition coefficient (Wildman–Crippen LogP) is 5.47. The van der Waals surface area contributed by atoms with E-state index in [4.69, 9.17) is 18.6 Å². The van der Waals surface area contributed by atoms with Crippen LogP contribution in [0.15, 0.2) is 82.2 Å². The minimum Gasteiger partial charge on any atom is -0.490 e. The summed E-state index contributed by atoms with van der Waals surface area (Å²) in [6.45, 7) is 2.54. The molecule has 32 heavy (non-hydrogen) atoms. The number of nitrogens with zero attached hydrogens (tertiary/aromatic N) is 1. The molecule has 1 heterocycles. The summed E-state index contributed by atoms with van der Waals surface area (Å²) in [5, 5.41) is 11.1. The Morgan fingerprint density at radius 3 is 2.41 bits per heavy atom. The summed E-state index contributed by atoms with van der Waals surface area (Å²) < 4.78 is 22.6. The van der Waals surface area contributed by atoms with Crippen molar-refractivity contribution in [3.63, 3.8) is 0 Å². The van der Waals surface area contributed by atoms with Crippen molar-refractivity contribution in [1.82, 2.24) is 0 Å². The summed E-state index contributed by atoms with van der Waals surface area (Å²) in [6.07, 6.45) is 1.26. The van der Waals surface area contributed by atoms with Gasteiger partial charge in [0.05, 0.1) is 16.9 Å². The highest BCUT2D eigenvalue weighted by Gasteiger charge is 2.13. The molecule has 0 atom stereocenters. The Kier molecular flexibility index (Phi) is 6.03. The topological polar surface area (TPSA) is 101 Å².